The van der Waals surface area contributed by atoms with Crippen LogP contribution in [0.1, 0.15) is 38.4 Å². The lowest BCUT2D eigenvalue weighted by Crippen LogP contribution is -2.09. The molecule has 0 amide bonds. The molecule has 2 atom stereocenters. The summed E-state index contributed by atoms with van der Waals surface area (Å²) in [6.45, 7) is 3.98. The molecule has 0 saturated carbocycles. The second-order valence-electron chi connectivity index (χ2n) is 4.05. The fraction of sp³-hybridized carbons (Fsp3) is 0.538. The van der Waals surface area contributed by atoms with E-state index < -0.39 is 19.0 Å². The van der Waals surface area contributed by atoms with Crippen molar-refractivity contribution in [3.05, 3.63) is 29.8 Å². The molecule has 96 valence electrons. The highest BCUT2D eigenvalue weighted by Crippen LogP contribution is 2.23. The maximum Gasteiger partial charge on any atom is 0.241 e. The van der Waals surface area contributed by atoms with Gasteiger partial charge in [-0.2, -0.15) is 0 Å². The number of rotatable bonds is 6. The van der Waals surface area contributed by atoms with Crippen molar-refractivity contribution in [2.45, 2.75) is 45.3 Å². The predicted molar refractivity (Wildman–Crippen MR) is 62.4 cm³/mol. The molecule has 0 saturated heterocycles. The van der Waals surface area contributed by atoms with E-state index in [1.54, 1.807) is 24.3 Å². The Morgan fingerprint density at radius 3 is 2.29 bits per heavy atom. The molecule has 1 N–H and O–H groups in total. The van der Waals surface area contributed by atoms with E-state index in [0.717, 1.165) is 6.42 Å². The van der Waals surface area contributed by atoms with E-state index >= 15 is 0 Å². The second kappa shape index (κ2) is 6.55. The Hall–Kier alpha value is -1.16. The van der Waals surface area contributed by atoms with Gasteiger partial charge >= 0.3 is 0 Å². The van der Waals surface area contributed by atoms with E-state index in [-0.39, 0.29) is 6.10 Å². The minimum absolute atomic E-state index is 0.117. The fourth-order valence-corrected chi connectivity index (χ4v) is 1.39. The summed E-state index contributed by atoms with van der Waals surface area (Å²) < 4.78 is 29.7. The first-order valence-electron chi connectivity index (χ1n) is 5.75. The average molecular weight is 244 g/mol. The first kappa shape index (κ1) is 13.9. The molecule has 0 fully saturated rings. The van der Waals surface area contributed by atoms with Crippen LogP contribution in [0.25, 0.3) is 0 Å². The van der Waals surface area contributed by atoms with Crippen molar-refractivity contribution in [2.75, 3.05) is 0 Å². The van der Waals surface area contributed by atoms with E-state index in [0.29, 0.717) is 11.3 Å². The summed E-state index contributed by atoms with van der Waals surface area (Å²) in [5.41, 5.74) is 0.488. The van der Waals surface area contributed by atoms with Gasteiger partial charge in [0.05, 0.1) is 12.2 Å². The minimum atomic E-state index is -2.50. The Kier molecular flexibility index (Phi) is 5.35. The van der Waals surface area contributed by atoms with Crippen LogP contribution in [0.15, 0.2) is 24.3 Å². The van der Waals surface area contributed by atoms with Crippen LogP contribution in [0.2, 0.25) is 0 Å². The lowest BCUT2D eigenvalue weighted by molar-refractivity contribution is 0.0611. The Morgan fingerprint density at radius 2 is 1.82 bits per heavy atom. The molecular weight excluding hydrogens is 226 g/mol. The monoisotopic (exact) mass is 244 g/mol. The summed E-state index contributed by atoms with van der Waals surface area (Å²) in [6, 6.07) is 6.61. The van der Waals surface area contributed by atoms with Gasteiger partial charge in [-0.3, -0.25) is 0 Å². The molecule has 1 aromatic rings. The number of alkyl halides is 2. The molecule has 0 aromatic heterocycles. The molecule has 0 bridgehead atoms. The zero-order chi connectivity index (χ0) is 12.8. The third-order valence-electron chi connectivity index (χ3n) is 2.58. The number of hydrogen-bond acceptors (Lipinski definition) is 2. The molecular formula is C13H18F2O2. The fourth-order valence-electron chi connectivity index (χ4n) is 1.39. The molecule has 1 aromatic carbocycles. The second-order valence-corrected chi connectivity index (χ2v) is 4.05. The summed E-state index contributed by atoms with van der Waals surface area (Å²) in [5, 5.41) is 9.49. The smallest absolute Gasteiger partial charge is 0.241 e. The molecule has 0 aliphatic heterocycles. The van der Waals surface area contributed by atoms with Crippen LogP contribution < -0.4 is 4.74 Å². The molecule has 1 rings (SSSR count). The van der Waals surface area contributed by atoms with E-state index in [2.05, 4.69) is 0 Å². The summed E-state index contributed by atoms with van der Waals surface area (Å²) >= 11 is 0. The number of benzene rings is 1. The zero-order valence-corrected chi connectivity index (χ0v) is 10.1. The van der Waals surface area contributed by atoms with E-state index in [1.165, 1.54) is 0 Å². The Labute approximate surface area is 100 Å². The van der Waals surface area contributed by atoms with Crippen molar-refractivity contribution in [2.24, 2.45) is 0 Å². The molecule has 0 aliphatic rings. The molecule has 0 spiro atoms. The van der Waals surface area contributed by atoms with Gasteiger partial charge in [-0.25, -0.2) is 8.78 Å². The molecule has 0 aliphatic carbocycles. The maximum absolute atomic E-state index is 12.1. The van der Waals surface area contributed by atoms with Crippen molar-refractivity contribution in [1.82, 2.24) is 0 Å². The lowest BCUT2D eigenvalue weighted by Gasteiger charge is -2.14. The van der Waals surface area contributed by atoms with E-state index in [1.807, 2.05) is 13.8 Å². The van der Waals surface area contributed by atoms with Crippen molar-refractivity contribution in [3.8, 4) is 5.75 Å². The summed E-state index contributed by atoms with van der Waals surface area (Å²) in [4.78, 5) is 0. The maximum atomic E-state index is 12.1. The van der Waals surface area contributed by atoms with Gasteiger partial charge in [-0.15, -0.1) is 0 Å². The van der Waals surface area contributed by atoms with Gasteiger partial charge in [-0.1, -0.05) is 19.1 Å². The van der Waals surface area contributed by atoms with Gasteiger partial charge in [-0.05, 0) is 31.0 Å². The van der Waals surface area contributed by atoms with Gasteiger partial charge in [0.2, 0.25) is 6.43 Å². The van der Waals surface area contributed by atoms with E-state index in [4.69, 9.17) is 4.74 Å². The number of aliphatic hydroxyl groups is 1. The van der Waals surface area contributed by atoms with Crippen LogP contribution in [0, 0.1) is 0 Å². The summed E-state index contributed by atoms with van der Waals surface area (Å²) in [6.07, 6.45) is -3.14. The van der Waals surface area contributed by atoms with Gasteiger partial charge in [0.25, 0.3) is 0 Å². The highest BCUT2D eigenvalue weighted by Gasteiger charge is 2.14. The SMILES string of the molecule is CCC(C)Oc1ccc(C(O)CC(F)F)cc1. The van der Waals surface area contributed by atoms with Gasteiger partial charge in [0.15, 0.2) is 0 Å². The molecule has 2 nitrogen and oxygen atoms in total. The molecule has 0 heterocycles. The topological polar surface area (TPSA) is 29.5 Å². The molecule has 4 heteroatoms. The summed E-state index contributed by atoms with van der Waals surface area (Å²) in [5.74, 6) is 0.687. The average Bonchev–Trinajstić information content (AvgIpc) is 2.28. The van der Waals surface area contributed by atoms with Crippen LogP contribution in [-0.2, 0) is 0 Å². The van der Waals surface area contributed by atoms with Crippen molar-refractivity contribution in [1.29, 1.82) is 0 Å². The molecule has 2 unspecified atom stereocenters. The Balaban J connectivity index is 2.61. The van der Waals surface area contributed by atoms with Gasteiger partial charge in [0, 0.05) is 6.42 Å². The van der Waals surface area contributed by atoms with Crippen molar-refractivity contribution < 1.29 is 18.6 Å². The normalized spacial score (nSPS) is 14.7. The zero-order valence-electron chi connectivity index (χ0n) is 10.1. The first-order chi connectivity index (χ1) is 8.02. The van der Waals surface area contributed by atoms with Gasteiger partial charge < -0.3 is 9.84 Å². The highest BCUT2D eigenvalue weighted by molar-refractivity contribution is 5.28. The molecule has 17 heavy (non-hydrogen) atoms. The van der Waals surface area contributed by atoms with Crippen molar-refractivity contribution in [3.63, 3.8) is 0 Å². The predicted octanol–water partition coefficient (Wildman–Crippen LogP) is 3.55. The molecule has 0 radical (unpaired) electrons. The van der Waals surface area contributed by atoms with Crippen LogP contribution in [0.3, 0.4) is 0 Å². The number of aliphatic hydroxyl groups excluding tert-OH is 1. The lowest BCUT2D eigenvalue weighted by atomic mass is 10.1. The highest BCUT2D eigenvalue weighted by atomic mass is 19.3. The van der Waals surface area contributed by atoms with Crippen LogP contribution in [0.4, 0.5) is 8.78 Å². The largest absolute Gasteiger partial charge is 0.491 e. The van der Waals surface area contributed by atoms with Crippen LogP contribution in [0.5, 0.6) is 5.75 Å². The van der Waals surface area contributed by atoms with Crippen molar-refractivity contribution >= 4 is 0 Å². The number of ether oxygens (including phenoxy) is 1. The van der Waals surface area contributed by atoms with Crippen LogP contribution in [-0.4, -0.2) is 17.6 Å². The Bertz CT molecular complexity index is 325. The number of halogens is 2. The van der Waals surface area contributed by atoms with Crippen LogP contribution >= 0.6 is 0 Å². The number of hydrogen-bond donors (Lipinski definition) is 1. The standard InChI is InChI=1S/C13H18F2O2/c1-3-9(2)17-11-6-4-10(5-7-11)12(16)8-13(14)15/h4-7,9,12-13,16H,3,8H2,1-2H3. The third-order valence-corrected chi connectivity index (χ3v) is 2.58. The van der Waals surface area contributed by atoms with E-state index in [9.17, 15) is 13.9 Å². The third kappa shape index (κ3) is 4.69. The quantitative estimate of drug-likeness (QED) is 0.829. The summed E-state index contributed by atoms with van der Waals surface area (Å²) in [7, 11) is 0. The van der Waals surface area contributed by atoms with Gasteiger partial charge in [0.1, 0.15) is 5.75 Å². The Morgan fingerprint density at radius 1 is 1.24 bits per heavy atom. The minimum Gasteiger partial charge on any atom is -0.491 e. The first-order valence-corrected chi connectivity index (χ1v) is 5.75.